The van der Waals surface area contributed by atoms with Crippen molar-refractivity contribution >= 4 is 11.8 Å². The predicted molar refractivity (Wildman–Crippen MR) is 74.5 cm³/mol. The van der Waals surface area contributed by atoms with E-state index in [1.807, 2.05) is 13.2 Å². The van der Waals surface area contributed by atoms with Crippen molar-refractivity contribution in [2.24, 2.45) is 0 Å². The molecule has 1 fully saturated rings. The highest BCUT2D eigenvalue weighted by Crippen LogP contribution is 2.26. The van der Waals surface area contributed by atoms with E-state index in [1.165, 1.54) is 12.8 Å². The normalized spacial score (nSPS) is 24.0. The van der Waals surface area contributed by atoms with Crippen LogP contribution in [-0.2, 0) is 0 Å². The second-order valence-corrected chi connectivity index (χ2v) is 6.54. The molecule has 1 rings (SSSR count). The first-order valence-corrected chi connectivity index (χ1v) is 8.01. The Morgan fingerprint density at radius 1 is 1.24 bits per heavy atom. The van der Waals surface area contributed by atoms with Gasteiger partial charge in [0.05, 0.1) is 11.2 Å². The van der Waals surface area contributed by atoms with Gasteiger partial charge in [-0.05, 0) is 26.0 Å². The summed E-state index contributed by atoms with van der Waals surface area (Å²) in [5, 5.41) is 23.7. The molecule has 0 aliphatic heterocycles. The van der Waals surface area contributed by atoms with E-state index in [0.29, 0.717) is 13.1 Å². The molecule has 3 nitrogen and oxygen atoms in total. The summed E-state index contributed by atoms with van der Waals surface area (Å²) in [6.07, 6.45) is 8.51. The van der Waals surface area contributed by atoms with Crippen LogP contribution in [-0.4, -0.2) is 46.5 Å². The number of aliphatic hydroxyl groups is 2. The summed E-state index contributed by atoms with van der Waals surface area (Å²) in [7, 11) is 0. The predicted octanol–water partition coefficient (Wildman–Crippen LogP) is 1.78. The lowest BCUT2D eigenvalue weighted by molar-refractivity contribution is 0.0166. The fraction of sp³-hybridized carbons (Fsp3) is 1.00. The Kier molecular flexibility index (Phi) is 6.27. The summed E-state index contributed by atoms with van der Waals surface area (Å²) >= 11 is 1.64. The molecule has 0 aromatic heterocycles. The molecular formula is C13H27NO2S. The van der Waals surface area contributed by atoms with E-state index in [2.05, 4.69) is 5.32 Å². The maximum atomic E-state index is 10.4. The number of rotatable bonds is 6. The molecule has 1 aliphatic rings. The Labute approximate surface area is 109 Å². The highest BCUT2D eigenvalue weighted by atomic mass is 32.2. The van der Waals surface area contributed by atoms with Crippen LogP contribution in [0.25, 0.3) is 0 Å². The maximum Gasteiger partial charge on any atom is 0.0833 e. The standard InChI is InChI=1S/C13H27NO2S/c1-12(15,11-17-2)9-14-10-13(16)7-5-3-4-6-8-13/h14-16H,3-11H2,1-2H3. The first kappa shape index (κ1) is 15.3. The molecule has 1 saturated carbocycles. The van der Waals surface area contributed by atoms with Gasteiger partial charge >= 0.3 is 0 Å². The monoisotopic (exact) mass is 261 g/mol. The Hall–Kier alpha value is 0.230. The summed E-state index contributed by atoms with van der Waals surface area (Å²) in [6, 6.07) is 0. The lowest BCUT2D eigenvalue weighted by atomic mass is 9.94. The summed E-state index contributed by atoms with van der Waals surface area (Å²) in [5.41, 5.74) is -1.23. The lowest BCUT2D eigenvalue weighted by Crippen LogP contribution is -2.47. The van der Waals surface area contributed by atoms with Crippen molar-refractivity contribution in [3.63, 3.8) is 0 Å². The zero-order valence-electron chi connectivity index (χ0n) is 11.2. The van der Waals surface area contributed by atoms with Gasteiger partial charge in [-0.2, -0.15) is 11.8 Å². The Balaban J connectivity index is 2.28. The molecule has 0 aromatic carbocycles. The molecule has 0 saturated heterocycles. The third kappa shape index (κ3) is 6.09. The van der Waals surface area contributed by atoms with Gasteiger partial charge in [-0.25, -0.2) is 0 Å². The van der Waals surface area contributed by atoms with Crippen LogP contribution in [0.1, 0.15) is 45.4 Å². The Bertz CT molecular complexity index is 213. The van der Waals surface area contributed by atoms with Crippen molar-refractivity contribution in [2.45, 2.75) is 56.7 Å². The molecule has 0 spiro atoms. The van der Waals surface area contributed by atoms with Crippen molar-refractivity contribution in [3.05, 3.63) is 0 Å². The van der Waals surface area contributed by atoms with E-state index < -0.39 is 11.2 Å². The van der Waals surface area contributed by atoms with Gasteiger partial charge in [0.1, 0.15) is 0 Å². The quantitative estimate of drug-likeness (QED) is 0.638. The number of hydrogen-bond acceptors (Lipinski definition) is 4. The molecule has 0 amide bonds. The van der Waals surface area contributed by atoms with Crippen molar-refractivity contribution in [1.82, 2.24) is 5.32 Å². The van der Waals surface area contributed by atoms with Gasteiger partial charge in [0.25, 0.3) is 0 Å². The van der Waals surface area contributed by atoms with E-state index in [9.17, 15) is 10.2 Å². The van der Waals surface area contributed by atoms with Crippen molar-refractivity contribution in [3.8, 4) is 0 Å². The summed E-state index contributed by atoms with van der Waals surface area (Å²) in [5.74, 6) is 0.721. The minimum Gasteiger partial charge on any atom is -0.389 e. The van der Waals surface area contributed by atoms with E-state index >= 15 is 0 Å². The fourth-order valence-corrected chi connectivity index (χ4v) is 3.21. The SMILES string of the molecule is CSCC(C)(O)CNCC1(O)CCCCCC1. The first-order chi connectivity index (χ1) is 7.97. The molecule has 0 bridgehead atoms. The summed E-state index contributed by atoms with van der Waals surface area (Å²) in [6.45, 7) is 3.00. The molecule has 1 atom stereocenters. The third-order valence-corrected chi connectivity index (χ3v) is 4.36. The van der Waals surface area contributed by atoms with Crippen LogP contribution in [0, 0.1) is 0 Å². The average Bonchev–Trinajstić information content (AvgIpc) is 2.43. The van der Waals surface area contributed by atoms with Gasteiger partial charge in [-0.15, -0.1) is 0 Å². The molecule has 17 heavy (non-hydrogen) atoms. The number of hydrogen-bond donors (Lipinski definition) is 3. The molecule has 0 radical (unpaired) electrons. The van der Waals surface area contributed by atoms with Crippen LogP contribution in [0.4, 0.5) is 0 Å². The van der Waals surface area contributed by atoms with Crippen LogP contribution in [0.5, 0.6) is 0 Å². The summed E-state index contributed by atoms with van der Waals surface area (Å²) in [4.78, 5) is 0. The topological polar surface area (TPSA) is 52.5 Å². The van der Waals surface area contributed by atoms with Gasteiger partial charge in [0.2, 0.25) is 0 Å². The van der Waals surface area contributed by atoms with E-state index in [1.54, 1.807) is 11.8 Å². The number of thioether (sulfide) groups is 1. The van der Waals surface area contributed by atoms with E-state index in [-0.39, 0.29) is 0 Å². The van der Waals surface area contributed by atoms with Crippen molar-refractivity contribution in [2.75, 3.05) is 25.1 Å². The van der Waals surface area contributed by atoms with Gasteiger partial charge in [0.15, 0.2) is 0 Å². The second kappa shape index (κ2) is 6.98. The highest BCUT2D eigenvalue weighted by Gasteiger charge is 2.28. The minimum absolute atomic E-state index is 0.550. The van der Waals surface area contributed by atoms with Gasteiger partial charge in [0, 0.05) is 18.8 Å². The van der Waals surface area contributed by atoms with Gasteiger partial charge < -0.3 is 15.5 Å². The van der Waals surface area contributed by atoms with Gasteiger partial charge in [-0.3, -0.25) is 0 Å². The molecule has 4 heteroatoms. The Morgan fingerprint density at radius 3 is 2.35 bits per heavy atom. The smallest absolute Gasteiger partial charge is 0.0833 e. The zero-order valence-corrected chi connectivity index (χ0v) is 12.0. The zero-order chi connectivity index (χ0) is 12.8. The van der Waals surface area contributed by atoms with E-state index in [0.717, 1.165) is 31.4 Å². The highest BCUT2D eigenvalue weighted by molar-refractivity contribution is 7.98. The molecule has 1 aliphatic carbocycles. The molecule has 1 unspecified atom stereocenters. The van der Waals surface area contributed by atoms with Crippen molar-refractivity contribution < 1.29 is 10.2 Å². The second-order valence-electron chi connectivity index (χ2n) is 5.67. The largest absolute Gasteiger partial charge is 0.389 e. The fourth-order valence-electron chi connectivity index (χ4n) is 2.49. The molecular weight excluding hydrogens is 234 g/mol. The van der Waals surface area contributed by atoms with Gasteiger partial charge in [-0.1, -0.05) is 25.7 Å². The lowest BCUT2D eigenvalue weighted by Gasteiger charge is -2.29. The number of nitrogens with one attached hydrogen (secondary N) is 1. The van der Waals surface area contributed by atoms with Crippen LogP contribution in [0.3, 0.4) is 0 Å². The maximum absolute atomic E-state index is 10.4. The molecule has 3 N–H and O–H groups in total. The van der Waals surface area contributed by atoms with Crippen LogP contribution >= 0.6 is 11.8 Å². The van der Waals surface area contributed by atoms with Crippen LogP contribution < -0.4 is 5.32 Å². The van der Waals surface area contributed by atoms with Crippen LogP contribution in [0.15, 0.2) is 0 Å². The van der Waals surface area contributed by atoms with Crippen molar-refractivity contribution in [1.29, 1.82) is 0 Å². The molecule has 0 aromatic rings. The van der Waals surface area contributed by atoms with E-state index in [4.69, 9.17) is 0 Å². The Morgan fingerprint density at radius 2 is 1.82 bits per heavy atom. The first-order valence-electron chi connectivity index (χ1n) is 6.62. The minimum atomic E-state index is -0.680. The molecule has 102 valence electrons. The third-order valence-electron chi connectivity index (χ3n) is 3.45. The summed E-state index contributed by atoms with van der Waals surface area (Å²) < 4.78 is 0. The average molecular weight is 261 g/mol. The van der Waals surface area contributed by atoms with Crippen LogP contribution in [0.2, 0.25) is 0 Å². The molecule has 0 heterocycles.